The maximum atomic E-state index is 7.26. The van der Waals surface area contributed by atoms with Gasteiger partial charge in [-0.15, -0.1) is 11.6 Å². The number of nitrogens with one attached hydrogen (secondary N) is 1. The summed E-state index contributed by atoms with van der Waals surface area (Å²) in [6, 6.07) is 0. The van der Waals surface area contributed by atoms with Crippen molar-refractivity contribution in [1.29, 1.82) is 5.41 Å². The first-order chi connectivity index (χ1) is 3.80. The molecule has 0 aromatic rings. The van der Waals surface area contributed by atoms with Gasteiger partial charge in [0.15, 0.2) is 0 Å². The lowest BCUT2D eigenvalue weighted by Crippen LogP contribution is -2.17. The number of alkyl halides is 1. The van der Waals surface area contributed by atoms with Crippen LogP contribution in [0.2, 0.25) is 0 Å². The highest BCUT2D eigenvalue weighted by atomic mass is 35.5. The number of halogens is 1. The molecule has 1 rings (SSSR count). The van der Waals surface area contributed by atoms with Crippen LogP contribution in [0, 0.1) is 5.41 Å². The molecule has 1 N–H and O–H groups in total. The van der Waals surface area contributed by atoms with Crippen LogP contribution in [0.15, 0.2) is 0 Å². The monoisotopic (exact) mass is 131 g/mol. The lowest BCUT2D eigenvalue weighted by Gasteiger charge is -2.15. The van der Waals surface area contributed by atoms with E-state index in [2.05, 4.69) is 0 Å². The molecule has 0 aromatic carbocycles. The van der Waals surface area contributed by atoms with Crippen LogP contribution in [0.1, 0.15) is 25.7 Å². The fourth-order valence-corrected chi connectivity index (χ4v) is 1.23. The molecule has 0 bridgehead atoms. The van der Waals surface area contributed by atoms with Gasteiger partial charge in [-0.25, -0.2) is 0 Å². The van der Waals surface area contributed by atoms with E-state index in [0.29, 0.717) is 0 Å². The van der Waals surface area contributed by atoms with Gasteiger partial charge in [0.2, 0.25) is 0 Å². The Balaban J connectivity index is 2.39. The van der Waals surface area contributed by atoms with Gasteiger partial charge in [-0.2, -0.15) is 0 Å². The van der Waals surface area contributed by atoms with E-state index in [-0.39, 0.29) is 5.38 Å². The first kappa shape index (κ1) is 6.09. The Hall–Kier alpha value is -0.0400. The second kappa shape index (κ2) is 2.49. The van der Waals surface area contributed by atoms with Gasteiger partial charge in [0.25, 0.3) is 0 Å². The third-order valence-electron chi connectivity index (χ3n) is 1.53. The predicted octanol–water partition coefficient (Wildman–Crippen LogP) is 2.19. The highest BCUT2D eigenvalue weighted by Gasteiger charge is 2.14. The molecule has 0 radical (unpaired) electrons. The van der Waals surface area contributed by atoms with Crippen molar-refractivity contribution >= 4 is 17.3 Å². The van der Waals surface area contributed by atoms with E-state index in [9.17, 15) is 0 Å². The average molecular weight is 132 g/mol. The normalized spacial score (nSPS) is 30.6. The summed E-state index contributed by atoms with van der Waals surface area (Å²) < 4.78 is 0. The summed E-state index contributed by atoms with van der Waals surface area (Å²) in [4.78, 5) is 0. The molecule has 0 spiro atoms. The van der Waals surface area contributed by atoms with E-state index >= 15 is 0 Å². The fourth-order valence-electron chi connectivity index (χ4n) is 0.970. The van der Waals surface area contributed by atoms with Crippen LogP contribution in [-0.2, 0) is 0 Å². The summed E-state index contributed by atoms with van der Waals surface area (Å²) in [5, 5.41) is 7.32. The molecule has 8 heavy (non-hydrogen) atoms. The molecule has 0 aromatic heterocycles. The summed E-state index contributed by atoms with van der Waals surface area (Å²) >= 11 is 5.74. The standard InChI is InChI=1S/C6H10ClN/c7-5-3-1-2-4-6(5)8/h5,8H,1-4H2. The quantitative estimate of drug-likeness (QED) is 0.488. The minimum absolute atomic E-state index is 0.0590. The van der Waals surface area contributed by atoms with Crippen molar-refractivity contribution in [3.8, 4) is 0 Å². The number of hydrogen-bond acceptors (Lipinski definition) is 1. The Morgan fingerprint density at radius 3 is 2.62 bits per heavy atom. The summed E-state index contributed by atoms with van der Waals surface area (Å²) in [6.07, 6.45) is 4.31. The molecule has 2 heteroatoms. The maximum absolute atomic E-state index is 7.26. The highest BCUT2D eigenvalue weighted by Crippen LogP contribution is 2.18. The van der Waals surface area contributed by atoms with E-state index in [1.54, 1.807) is 0 Å². The molecule has 1 unspecified atom stereocenters. The van der Waals surface area contributed by atoms with Crippen LogP contribution in [0.3, 0.4) is 0 Å². The Kier molecular flexibility index (Phi) is 1.90. The van der Waals surface area contributed by atoms with Gasteiger partial charge in [0.1, 0.15) is 0 Å². The molecule has 1 nitrogen and oxygen atoms in total. The van der Waals surface area contributed by atoms with Crippen LogP contribution in [0.5, 0.6) is 0 Å². The topological polar surface area (TPSA) is 23.9 Å². The lowest BCUT2D eigenvalue weighted by molar-refractivity contribution is 0.668. The van der Waals surface area contributed by atoms with Gasteiger partial charge in [0.05, 0.1) is 5.38 Å². The van der Waals surface area contributed by atoms with Crippen molar-refractivity contribution in [2.24, 2.45) is 0 Å². The van der Waals surface area contributed by atoms with Crippen LogP contribution < -0.4 is 0 Å². The fraction of sp³-hybridized carbons (Fsp3) is 0.833. The van der Waals surface area contributed by atoms with Crippen molar-refractivity contribution < 1.29 is 0 Å². The smallest absolute Gasteiger partial charge is 0.0711 e. The SMILES string of the molecule is N=C1CCCCC1Cl. The highest BCUT2D eigenvalue weighted by molar-refractivity contribution is 6.31. The maximum Gasteiger partial charge on any atom is 0.0711 e. The minimum atomic E-state index is 0.0590. The molecular weight excluding hydrogens is 122 g/mol. The lowest BCUT2D eigenvalue weighted by atomic mass is 9.98. The molecule has 1 fully saturated rings. The van der Waals surface area contributed by atoms with Crippen LogP contribution >= 0.6 is 11.6 Å². The first-order valence-electron chi connectivity index (χ1n) is 3.02. The first-order valence-corrected chi connectivity index (χ1v) is 3.46. The third-order valence-corrected chi connectivity index (χ3v) is 2.01. The zero-order valence-corrected chi connectivity index (χ0v) is 5.54. The Morgan fingerprint density at radius 1 is 1.50 bits per heavy atom. The molecule has 1 saturated carbocycles. The van der Waals surface area contributed by atoms with Gasteiger partial charge < -0.3 is 5.41 Å². The molecule has 1 atom stereocenters. The number of hydrogen-bond donors (Lipinski definition) is 1. The molecular formula is C6H10ClN. The van der Waals surface area contributed by atoms with Crippen LogP contribution in [0.25, 0.3) is 0 Å². The van der Waals surface area contributed by atoms with Gasteiger partial charge in [-0.05, 0) is 19.3 Å². The Bertz CT molecular complexity index is 101. The van der Waals surface area contributed by atoms with Crippen molar-refractivity contribution in [2.75, 3.05) is 0 Å². The predicted molar refractivity (Wildman–Crippen MR) is 35.8 cm³/mol. The van der Waals surface area contributed by atoms with Gasteiger partial charge in [-0.1, -0.05) is 6.42 Å². The van der Waals surface area contributed by atoms with E-state index in [1.807, 2.05) is 0 Å². The molecule has 46 valence electrons. The van der Waals surface area contributed by atoms with Crippen LogP contribution in [0.4, 0.5) is 0 Å². The largest absolute Gasteiger partial charge is 0.308 e. The van der Waals surface area contributed by atoms with Gasteiger partial charge >= 0.3 is 0 Å². The zero-order chi connectivity index (χ0) is 5.98. The van der Waals surface area contributed by atoms with Crippen LogP contribution in [-0.4, -0.2) is 11.1 Å². The van der Waals surface area contributed by atoms with E-state index in [0.717, 1.165) is 18.6 Å². The second-order valence-corrected chi connectivity index (χ2v) is 2.77. The van der Waals surface area contributed by atoms with Gasteiger partial charge in [-0.3, -0.25) is 0 Å². The summed E-state index contributed by atoms with van der Waals surface area (Å²) in [5.74, 6) is 0. The van der Waals surface area contributed by atoms with E-state index in [4.69, 9.17) is 17.0 Å². The molecule has 0 aliphatic heterocycles. The van der Waals surface area contributed by atoms with Crippen molar-refractivity contribution in [1.82, 2.24) is 0 Å². The average Bonchev–Trinajstić information content (AvgIpc) is 1.77. The molecule has 1 aliphatic carbocycles. The second-order valence-electron chi connectivity index (χ2n) is 2.24. The summed E-state index contributed by atoms with van der Waals surface area (Å²) in [7, 11) is 0. The Labute approximate surface area is 54.5 Å². The summed E-state index contributed by atoms with van der Waals surface area (Å²) in [6.45, 7) is 0. The molecule has 1 aliphatic rings. The molecule has 0 amide bonds. The third kappa shape index (κ3) is 1.22. The minimum Gasteiger partial charge on any atom is -0.308 e. The Morgan fingerprint density at radius 2 is 2.25 bits per heavy atom. The van der Waals surface area contributed by atoms with E-state index < -0.39 is 0 Å². The zero-order valence-electron chi connectivity index (χ0n) is 4.78. The van der Waals surface area contributed by atoms with Crippen molar-refractivity contribution in [3.05, 3.63) is 0 Å². The van der Waals surface area contributed by atoms with Crippen molar-refractivity contribution in [3.63, 3.8) is 0 Å². The van der Waals surface area contributed by atoms with Gasteiger partial charge in [0, 0.05) is 5.71 Å². The molecule has 0 heterocycles. The molecule has 0 saturated heterocycles. The van der Waals surface area contributed by atoms with E-state index in [1.165, 1.54) is 12.8 Å². The number of rotatable bonds is 0. The summed E-state index contributed by atoms with van der Waals surface area (Å²) in [5.41, 5.74) is 0.734. The van der Waals surface area contributed by atoms with Crippen molar-refractivity contribution in [2.45, 2.75) is 31.1 Å².